The molecule has 1 rings (SSSR count). The van der Waals surface area contributed by atoms with Gasteiger partial charge in [-0.05, 0) is 13.3 Å². The van der Waals surface area contributed by atoms with Crippen LogP contribution in [-0.4, -0.2) is 79.4 Å². The molecule has 128 valence electrons. The van der Waals surface area contributed by atoms with E-state index in [9.17, 15) is 18.0 Å². The van der Waals surface area contributed by atoms with Crippen molar-refractivity contribution in [1.82, 2.24) is 13.9 Å². The highest BCUT2D eigenvalue weighted by Crippen LogP contribution is 2.14. The van der Waals surface area contributed by atoms with Gasteiger partial charge in [0.05, 0.1) is 6.61 Å². The van der Waals surface area contributed by atoms with Crippen LogP contribution in [0.4, 0.5) is 0 Å². The third kappa shape index (κ3) is 5.20. The highest BCUT2D eigenvalue weighted by Gasteiger charge is 2.36. The van der Waals surface area contributed by atoms with Crippen molar-refractivity contribution in [3.8, 4) is 0 Å². The van der Waals surface area contributed by atoms with Gasteiger partial charge in [-0.15, -0.1) is 0 Å². The molecule has 0 aromatic carbocycles. The standard InChI is InChI=1S/C12H23N3O6S/c1-10(12(17)18)15(6-4-13-11(2)16)22(19,20)14-5-3-8-21-9-7-14/h10H,3-9H2,1-2H3,(H,13,16)(H,17,18). The zero-order valence-corrected chi connectivity index (χ0v) is 13.6. The molecule has 1 saturated heterocycles. The lowest BCUT2D eigenvalue weighted by Crippen LogP contribution is -2.52. The van der Waals surface area contributed by atoms with Crippen LogP contribution in [0.5, 0.6) is 0 Å². The molecule has 9 nitrogen and oxygen atoms in total. The Hall–Kier alpha value is -1.23. The second kappa shape index (κ2) is 8.42. The number of amides is 1. The van der Waals surface area contributed by atoms with Gasteiger partial charge >= 0.3 is 5.97 Å². The minimum Gasteiger partial charge on any atom is -0.480 e. The van der Waals surface area contributed by atoms with Crippen molar-refractivity contribution < 1.29 is 27.9 Å². The van der Waals surface area contributed by atoms with Crippen molar-refractivity contribution in [2.75, 3.05) is 39.4 Å². The predicted molar refractivity (Wildman–Crippen MR) is 78.4 cm³/mol. The Kier molecular flexibility index (Phi) is 7.20. The van der Waals surface area contributed by atoms with E-state index in [2.05, 4.69) is 5.32 Å². The Morgan fingerprint density at radius 2 is 2.05 bits per heavy atom. The molecule has 2 N–H and O–H groups in total. The first-order valence-corrected chi connectivity index (χ1v) is 8.48. The molecule has 0 aromatic rings. The first-order valence-electron chi connectivity index (χ1n) is 7.08. The SMILES string of the molecule is CC(=O)NCCN(C(C)C(=O)O)S(=O)(=O)N1CCCOCC1. The lowest BCUT2D eigenvalue weighted by atomic mass is 10.3. The molecule has 1 atom stereocenters. The number of nitrogens with zero attached hydrogens (tertiary/aromatic N) is 2. The van der Waals surface area contributed by atoms with E-state index in [0.29, 0.717) is 13.0 Å². The molecule has 0 saturated carbocycles. The Balaban J connectivity index is 2.90. The molecule has 10 heteroatoms. The van der Waals surface area contributed by atoms with Crippen LogP contribution in [-0.2, 0) is 24.5 Å². The number of aliphatic carboxylic acids is 1. The third-order valence-corrected chi connectivity index (χ3v) is 5.41. The summed E-state index contributed by atoms with van der Waals surface area (Å²) in [5.41, 5.74) is 0. The fraction of sp³-hybridized carbons (Fsp3) is 0.833. The summed E-state index contributed by atoms with van der Waals surface area (Å²) in [6, 6.07) is -1.22. The van der Waals surface area contributed by atoms with Crippen molar-refractivity contribution in [2.24, 2.45) is 0 Å². The Labute approximate surface area is 130 Å². The van der Waals surface area contributed by atoms with E-state index in [1.807, 2.05) is 0 Å². The van der Waals surface area contributed by atoms with Crippen molar-refractivity contribution in [1.29, 1.82) is 0 Å². The van der Waals surface area contributed by atoms with Gasteiger partial charge in [0.15, 0.2) is 0 Å². The first-order chi connectivity index (χ1) is 10.3. The molecule has 1 fully saturated rings. The number of ether oxygens (including phenoxy) is 1. The highest BCUT2D eigenvalue weighted by molar-refractivity contribution is 7.86. The van der Waals surface area contributed by atoms with Crippen LogP contribution in [0.15, 0.2) is 0 Å². The summed E-state index contributed by atoms with van der Waals surface area (Å²) in [7, 11) is -3.94. The summed E-state index contributed by atoms with van der Waals surface area (Å²) in [5.74, 6) is -1.54. The highest BCUT2D eigenvalue weighted by atomic mass is 32.2. The summed E-state index contributed by atoms with van der Waals surface area (Å²) in [6.07, 6.45) is 0.556. The van der Waals surface area contributed by atoms with Gasteiger partial charge in [-0.2, -0.15) is 17.0 Å². The van der Waals surface area contributed by atoms with Crippen molar-refractivity contribution in [2.45, 2.75) is 26.3 Å². The first kappa shape index (κ1) is 18.8. The molecule has 0 aliphatic carbocycles. The summed E-state index contributed by atoms with van der Waals surface area (Å²) in [4.78, 5) is 22.1. The predicted octanol–water partition coefficient (Wildman–Crippen LogP) is -1.14. The minimum atomic E-state index is -3.94. The van der Waals surface area contributed by atoms with E-state index in [-0.39, 0.29) is 38.7 Å². The van der Waals surface area contributed by atoms with Gasteiger partial charge in [0.2, 0.25) is 5.91 Å². The smallest absolute Gasteiger partial charge is 0.321 e. The minimum absolute atomic E-state index is 0.0521. The average Bonchev–Trinajstić information content (AvgIpc) is 2.71. The Morgan fingerprint density at radius 3 is 2.64 bits per heavy atom. The van der Waals surface area contributed by atoms with Gasteiger partial charge in [0.1, 0.15) is 6.04 Å². The van der Waals surface area contributed by atoms with E-state index in [1.165, 1.54) is 18.2 Å². The number of nitrogens with one attached hydrogen (secondary N) is 1. The zero-order valence-electron chi connectivity index (χ0n) is 12.8. The molecule has 0 spiro atoms. The molecule has 22 heavy (non-hydrogen) atoms. The maximum absolute atomic E-state index is 12.7. The normalized spacial score (nSPS) is 18.7. The quantitative estimate of drug-likeness (QED) is 0.607. The fourth-order valence-electron chi connectivity index (χ4n) is 2.08. The van der Waals surface area contributed by atoms with Gasteiger partial charge in [0, 0.05) is 39.7 Å². The van der Waals surface area contributed by atoms with Crippen LogP contribution in [0.25, 0.3) is 0 Å². The van der Waals surface area contributed by atoms with Crippen LogP contribution < -0.4 is 5.32 Å². The summed E-state index contributed by atoms with van der Waals surface area (Å²) >= 11 is 0. The van der Waals surface area contributed by atoms with Crippen LogP contribution >= 0.6 is 0 Å². The van der Waals surface area contributed by atoms with Crippen molar-refractivity contribution in [3.05, 3.63) is 0 Å². The molecule has 1 aliphatic rings. The third-order valence-electron chi connectivity index (χ3n) is 3.30. The van der Waals surface area contributed by atoms with Crippen LogP contribution in [0.2, 0.25) is 0 Å². The monoisotopic (exact) mass is 337 g/mol. The molecule has 0 radical (unpaired) electrons. The molecule has 0 aromatic heterocycles. The summed E-state index contributed by atoms with van der Waals surface area (Å²) in [5, 5.41) is 11.6. The lowest BCUT2D eigenvalue weighted by Gasteiger charge is -2.31. The Morgan fingerprint density at radius 1 is 1.36 bits per heavy atom. The summed E-state index contributed by atoms with van der Waals surface area (Å²) in [6.45, 7) is 3.79. The molecule has 0 bridgehead atoms. The molecule has 1 heterocycles. The van der Waals surface area contributed by atoms with E-state index in [1.54, 1.807) is 0 Å². The Bertz CT molecular complexity index is 487. The maximum Gasteiger partial charge on any atom is 0.321 e. The second-order valence-corrected chi connectivity index (χ2v) is 6.86. The van der Waals surface area contributed by atoms with E-state index in [4.69, 9.17) is 9.84 Å². The van der Waals surface area contributed by atoms with Crippen LogP contribution in [0, 0.1) is 0 Å². The number of rotatable bonds is 7. The van der Waals surface area contributed by atoms with Gasteiger partial charge in [-0.1, -0.05) is 0 Å². The van der Waals surface area contributed by atoms with Gasteiger partial charge in [-0.3, -0.25) is 9.59 Å². The molecule has 1 unspecified atom stereocenters. The van der Waals surface area contributed by atoms with E-state index < -0.39 is 22.2 Å². The zero-order chi connectivity index (χ0) is 16.8. The summed E-state index contributed by atoms with van der Waals surface area (Å²) < 4.78 is 32.7. The number of carbonyl (C=O) groups is 2. The maximum atomic E-state index is 12.7. The molecular formula is C12H23N3O6S. The van der Waals surface area contributed by atoms with E-state index in [0.717, 1.165) is 4.31 Å². The molecule has 1 aliphatic heterocycles. The van der Waals surface area contributed by atoms with Gasteiger partial charge in [0.25, 0.3) is 10.2 Å². The van der Waals surface area contributed by atoms with Crippen LogP contribution in [0.3, 0.4) is 0 Å². The fourth-order valence-corrected chi connectivity index (χ4v) is 3.85. The number of carboxylic acids is 1. The van der Waals surface area contributed by atoms with Crippen molar-refractivity contribution in [3.63, 3.8) is 0 Å². The molecule has 1 amide bonds. The molecular weight excluding hydrogens is 314 g/mol. The van der Waals surface area contributed by atoms with Gasteiger partial charge < -0.3 is 15.2 Å². The van der Waals surface area contributed by atoms with E-state index >= 15 is 0 Å². The van der Waals surface area contributed by atoms with Crippen LogP contribution in [0.1, 0.15) is 20.3 Å². The lowest BCUT2D eigenvalue weighted by molar-refractivity contribution is -0.140. The second-order valence-electron chi connectivity index (χ2n) is 4.98. The average molecular weight is 337 g/mol. The topological polar surface area (TPSA) is 116 Å². The largest absolute Gasteiger partial charge is 0.480 e. The van der Waals surface area contributed by atoms with Crippen molar-refractivity contribution >= 4 is 22.1 Å². The van der Waals surface area contributed by atoms with Gasteiger partial charge in [-0.25, -0.2) is 0 Å². The number of hydrogen-bond donors (Lipinski definition) is 2. The number of carboxylic acid groups (broad SMARTS) is 1. The number of carbonyl (C=O) groups excluding carboxylic acids is 1. The number of hydrogen-bond acceptors (Lipinski definition) is 5.